The first-order valence-corrected chi connectivity index (χ1v) is 5.16. The quantitative estimate of drug-likeness (QED) is 0.674. The average molecular weight is 282 g/mol. The van der Waals surface area contributed by atoms with Crippen molar-refractivity contribution in [1.82, 2.24) is 5.16 Å². The van der Waals surface area contributed by atoms with Gasteiger partial charge in [0, 0.05) is 12.1 Å². The summed E-state index contributed by atoms with van der Waals surface area (Å²) in [7, 11) is 1.17. The van der Waals surface area contributed by atoms with E-state index >= 15 is 0 Å². The van der Waals surface area contributed by atoms with Gasteiger partial charge in [-0.1, -0.05) is 5.16 Å². The Morgan fingerprint density at radius 3 is 2.70 bits per heavy atom. The lowest BCUT2D eigenvalue weighted by Crippen LogP contribution is -1.96. The van der Waals surface area contributed by atoms with Gasteiger partial charge in [-0.3, -0.25) is 10.1 Å². The van der Waals surface area contributed by atoms with E-state index in [1.165, 1.54) is 7.11 Å². The van der Waals surface area contributed by atoms with E-state index in [1.54, 1.807) is 0 Å². The Kier molecular flexibility index (Phi) is 3.34. The number of carboxylic acid groups (broad SMARTS) is 1. The molecule has 0 radical (unpaired) electrons. The lowest BCUT2D eigenvalue weighted by molar-refractivity contribution is -0.385. The number of ether oxygens (including phenoxy) is 1. The minimum absolute atomic E-state index is 0.0737. The summed E-state index contributed by atoms with van der Waals surface area (Å²) in [4.78, 5) is 20.6. The van der Waals surface area contributed by atoms with Crippen LogP contribution in [-0.2, 0) is 0 Å². The Morgan fingerprint density at radius 2 is 2.20 bits per heavy atom. The molecule has 8 nitrogen and oxygen atoms in total. The molecule has 2 rings (SSSR count). The molecule has 0 fully saturated rings. The number of hydrogen-bond acceptors (Lipinski definition) is 6. The zero-order valence-corrected chi connectivity index (χ0v) is 9.99. The van der Waals surface area contributed by atoms with Gasteiger partial charge in [0.1, 0.15) is 5.69 Å². The molecule has 0 aliphatic heterocycles. The first-order chi connectivity index (χ1) is 9.43. The highest BCUT2D eigenvalue weighted by Crippen LogP contribution is 2.35. The number of non-ortho nitro benzene ring substituents is 1. The molecule has 1 aromatic carbocycles. The second kappa shape index (κ2) is 4.96. The Bertz CT molecular complexity index is 696. The lowest BCUT2D eigenvalue weighted by atomic mass is 10.1. The maximum Gasteiger partial charge on any atom is 0.374 e. The highest BCUT2D eigenvalue weighted by Gasteiger charge is 2.22. The van der Waals surface area contributed by atoms with Crippen molar-refractivity contribution in [3.63, 3.8) is 0 Å². The number of halogens is 1. The molecule has 0 aliphatic rings. The van der Waals surface area contributed by atoms with E-state index in [4.69, 9.17) is 9.84 Å². The third-order valence-corrected chi connectivity index (χ3v) is 2.44. The van der Waals surface area contributed by atoms with Crippen LogP contribution in [0.2, 0.25) is 0 Å². The molecule has 20 heavy (non-hydrogen) atoms. The van der Waals surface area contributed by atoms with Crippen LogP contribution in [0.4, 0.5) is 10.1 Å². The van der Waals surface area contributed by atoms with E-state index in [1.807, 2.05) is 0 Å². The van der Waals surface area contributed by atoms with Crippen LogP contribution < -0.4 is 4.74 Å². The molecule has 0 atom stereocenters. The van der Waals surface area contributed by atoms with Crippen LogP contribution in [0, 0.1) is 15.9 Å². The van der Waals surface area contributed by atoms with Gasteiger partial charge in [0.25, 0.3) is 5.69 Å². The summed E-state index contributed by atoms with van der Waals surface area (Å²) in [5, 5.41) is 22.9. The number of methoxy groups -OCH3 is 1. The predicted octanol–water partition coefficient (Wildman–Crippen LogP) is 2.10. The number of aromatic carboxylic acids is 1. The van der Waals surface area contributed by atoms with Crippen LogP contribution in [0.5, 0.6) is 5.75 Å². The van der Waals surface area contributed by atoms with E-state index in [-0.39, 0.29) is 17.0 Å². The molecule has 0 saturated heterocycles. The molecule has 0 aliphatic carbocycles. The fourth-order valence-electron chi connectivity index (χ4n) is 1.59. The SMILES string of the molecule is COc1c(F)cc([N+](=O)[O-])cc1-c1cc(C(=O)O)on1. The molecule has 0 unspecified atom stereocenters. The number of nitrogens with zero attached hydrogens (tertiary/aromatic N) is 2. The molecule has 1 N–H and O–H groups in total. The summed E-state index contributed by atoms with van der Waals surface area (Å²) < 4.78 is 23.0. The maximum absolute atomic E-state index is 13.7. The first kappa shape index (κ1) is 13.5. The number of nitro groups is 1. The Labute approximate surface area is 110 Å². The van der Waals surface area contributed by atoms with Crippen LogP contribution in [-0.4, -0.2) is 28.3 Å². The van der Waals surface area contributed by atoms with Crippen LogP contribution in [0.25, 0.3) is 11.3 Å². The Balaban J connectivity index is 2.63. The van der Waals surface area contributed by atoms with Gasteiger partial charge in [-0.05, 0) is 0 Å². The van der Waals surface area contributed by atoms with Crippen LogP contribution in [0.15, 0.2) is 22.7 Å². The average Bonchev–Trinajstić information content (AvgIpc) is 2.87. The number of nitro benzene ring substituents is 1. The van der Waals surface area contributed by atoms with Crippen molar-refractivity contribution in [2.45, 2.75) is 0 Å². The summed E-state index contributed by atoms with van der Waals surface area (Å²) in [5.74, 6) is -3.10. The molecule has 1 heterocycles. The van der Waals surface area contributed by atoms with Crippen molar-refractivity contribution in [2.24, 2.45) is 0 Å². The molecule has 104 valence electrons. The van der Waals surface area contributed by atoms with Crippen molar-refractivity contribution >= 4 is 11.7 Å². The third-order valence-electron chi connectivity index (χ3n) is 2.44. The Hall–Kier alpha value is -2.97. The van der Waals surface area contributed by atoms with Crippen LogP contribution in [0.3, 0.4) is 0 Å². The van der Waals surface area contributed by atoms with Crippen molar-refractivity contribution in [2.75, 3.05) is 7.11 Å². The minimum Gasteiger partial charge on any atom is -0.493 e. The van der Waals surface area contributed by atoms with Gasteiger partial charge < -0.3 is 14.4 Å². The summed E-state index contributed by atoms with van der Waals surface area (Å²) >= 11 is 0. The van der Waals surface area contributed by atoms with E-state index < -0.39 is 28.2 Å². The van der Waals surface area contributed by atoms with E-state index in [0.29, 0.717) is 6.07 Å². The zero-order chi connectivity index (χ0) is 14.9. The van der Waals surface area contributed by atoms with E-state index in [0.717, 1.165) is 12.1 Å². The van der Waals surface area contributed by atoms with Gasteiger partial charge in [-0.25, -0.2) is 9.18 Å². The molecular weight excluding hydrogens is 275 g/mol. The highest BCUT2D eigenvalue weighted by atomic mass is 19.1. The summed E-state index contributed by atoms with van der Waals surface area (Å²) in [6, 6.07) is 2.73. The fraction of sp³-hybridized carbons (Fsp3) is 0.0909. The molecule has 0 spiro atoms. The first-order valence-electron chi connectivity index (χ1n) is 5.16. The number of aromatic nitrogens is 1. The number of carboxylic acids is 1. The molecule has 0 saturated carbocycles. The fourth-order valence-corrected chi connectivity index (χ4v) is 1.59. The normalized spacial score (nSPS) is 10.3. The number of rotatable bonds is 4. The van der Waals surface area contributed by atoms with Gasteiger partial charge >= 0.3 is 5.97 Å². The summed E-state index contributed by atoms with van der Waals surface area (Å²) in [6.07, 6.45) is 0. The van der Waals surface area contributed by atoms with Gasteiger partial charge in [-0.15, -0.1) is 0 Å². The van der Waals surface area contributed by atoms with Crippen LogP contribution in [0.1, 0.15) is 10.6 Å². The monoisotopic (exact) mass is 282 g/mol. The van der Waals surface area contributed by atoms with Gasteiger partial charge in [-0.2, -0.15) is 0 Å². The standard InChI is InChI=1S/C11H7FN2O6/c1-19-10-6(2-5(14(17)18)3-7(10)12)8-4-9(11(15)16)20-13-8/h2-4H,1H3,(H,15,16). The topological polar surface area (TPSA) is 116 Å². The minimum atomic E-state index is -1.37. The zero-order valence-electron chi connectivity index (χ0n) is 9.99. The highest BCUT2D eigenvalue weighted by molar-refractivity contribution is 5.86. The second-order valence-corrected chi connectivity index (χ2v) is 3.65. The maximum atomic E-state index is 13.7. The molecular formula is C11H7FN2O6. The summed E-state index contributed by atoms with van der Waals surface area (Å²) in [6.45, 7) is 0. The van der Waals surface area contributed by atoms with Crippen molar-refractivity contribution < 1.29 is 28.5 Å². The molecule has 1 aromatic heterocycles. The van der Waals surface area contributed by atoms with Crippen molar-refractivity contribution in [1.29, 1.82) is 0 Å². The third kappa shape index (κ3) is 2.28. The number of benzene rings is 1. The predicted molar refractivity (Wildman–Crippen MR) is 62.1 cm³/mol. The van der Waals surface area contributed by atoms with Crippen molar-refractivity contribution in [3.05, 3.63) is 39.9 Å². The van der Waals surface area contributed by atoms with Gasteiger partial charge in [0.2, 0.25) is 5.76 Å². The van der Waals surface area contributed by atoms with Crippen molar-refractivity contribution in [3.8, 4) is 17.0 Å². The molecule has 0 amide bonds. The number of hydrogen-bond donors (Lipinski definition) is 1. The molecule has 9 heteroatoms. The number of carbonyl (C=O) groups is 1. The van der Waals surface area contributed by atoms with Crippen LogP contribution >= 0.6 is 0 Å². The lowest BCUT2D eigenvalue weighted by Gasteiger charge is -2.06. The summed E-state index contributed by atoms with van der Waals surface area (Å²) in [5.41, 5.74) is -0.671. The molecule has 0 bridgehead atoms. The largest absolute Gasteiger partial charge is 0.493 e. The van der Waals surface area contributed by atoms with Gasteiger partial charge in [0.05, 0.1) is 23.7 Å². The smallest absolute Gasteiger partial charge is 0.374 e. The molecule has 2 aromatic rings. The van der Waals surface area contributed by atoms with Gasteiger partial charge in [0.15, 0.2) is 11.6 Å². The van der Waals surface area contributed by atoms with E-state index in [9.17, 15) is 19.3 Å². The Morgan fingerprint density at radius 1 is 1.50 bits per heavy atom. The second-order valence-electron chi connectivity index (χ2n) is 3.65. The van der Waals surface area contributed by atoms with E-state index in [2.05, 4.69) is 9.68 Å².